The van der Waals surface area contributed by atoms with Crippen LogP contribution in [-0.2, 0) is 32.0 Å². The summed E-state index contributed by atoms with van der Waals surface area (Å²) in [5.74, 6) is 0.216. The van der Waals surface area contributed by atoms with Crippen LogP contribution in [0.5, 0.6) is 34.5 Å². The Morgan fingerprint density at radius 2 is 1.44 bits per heavy atom. The number of benzene rings is 4. The van der Waals surface area contributed by atoms with Crippen molar-refractivity contribution in [1.29, 1.82) is 0 Å². The van der Waals surface area contributed by atoms with Gasteiger partial charge >= 0.3 is 11.9 Å². The van der Waals surface area contributed by atoms with E-state index in [0.717, 1.165) is 24.0 Å². The Bertz CT molecular complexity index is 1890. The molecule has 1 aliphatic heterocycles. The van der Waals surface area contributed by atoms with Gasteiger partial charge in [0.1, 0.15) is 17.9 Å². The summed E-state index contributed by atoms with van der Waals surface area (Å²) in [5.41, 5.74) is 3.17. The number of carboxylic acid groups (broad SMARTS) is 1. The number of aliphatic carboxylic acids is 1. The van der Waals surface area contributed by atoms with E-state index < -0.39 is 36.6 Å². The number of hydrogen-bond acceptors (Lipinski definition) is 10. The van der Waals surface area contributed by atoms with Crippen molar-refractivity contribution in [3.05, 3.63) is 107 Å². The Morgan fingerprint density at radius 3 is 2.09 bits per heavy atom. The largest absolute Gasteiger partial charge is 0.493 e. The van der Waals surface area contributed by atoms with Gasteiger partial charge in [-0.3, -0.25) is 4.79 Å². The Morgan fingerprint density at radius 1 is 0.727 bits per heavy atom. The lowest BCUT2D eigenvalue weighted by Gasteiger charge is -2.37. The third-order valence-electron chi connectivity index (χ3n) is 9.72. The number of methoxy groups -OCH3 is 5. The molecule has 55 heavy (non-hydrogen) atoms. The second-order valence-electron chi connectivity index (χ2n) is 13.2. The standard InChI is InChI=1S/C43H49NO11/c1-49-36-20-18-29(23-37(36)50-2)17-19-35(30-14-11-15-32(24-30)54-27-40(45)46)55-43(48)34-16-9-10-21-44(34)42(47)33(22-28-12-7-6-8-13-28)31-25-38(51-3)41(53-5)39(26-31)52-4/h6-8,11-15,18,20,23-26,33-35H,9-10,16-17,19,21-22,27H2,1-5H3,(H,45,46)/t33-,34-,35?/m0/s1. The van der Waals surface area contributed by atoms with Crippen LogP contribution in [0.2, 0.25) is 0 Å². The molecule has 1 aliphatic rings. The quantitative estimate of drug-likeness (QED) is 0.107. The third kappa shape index (κ3) is 10.2. The maximum Gasteiger partial charge on any atom is 0.341 e. The first kappa shape index (κ1) is 40.3. The molecular formula is C43H49NO11. The number of carboxylic acids is 1. The first-order valence-corrected chi connectivity index (χ1v) is 18.2. The Kier molecular flexibility index (Phi) is 14.2. The number of carbonyl (C=O) groups excluding carboxylic acids is 2. The predicted molar refractivity (Wildman–Crippen MR) is 205 cm³/mol. The fraction of sp³-hybridized carbons (Fsp3) is 0.372. The minimum atomic E-state index is -1.11. The molecule has 1 fully saturated rings. The summed E-state index contributed by atoms with van der Waals surface area (Å²) in [5, 5.41) is 9.18. The van der Waals surface area contributed by atoms with E-state index in [1.165, 1.54) is 21.3 Å². The lowest BCUT2D eigenvalue weighted by molar-refractivity contribution is -0.162. The van der Waals surface area contributed by atoms with Gasteiger partial charge in [0, 0.05) is 6.54 Å². The van der Waals surface area contributed by atoms with Gasteiger partial charge in [-0.25, -0.2) is 9.59 Å². The van der Waals surface area contributed by atoms with Crippen LogP contribution >= 0.6 is 0 Å². The number of nitrogens with zero attached hydrogens (tertiary/aromatic N) is 1. The number of carbonyl (C=O) groups is 3. The SMILES string of the molecule is COc1ccc(CCC(OC(=O)[C@@H]2CCCCN2C(=O)[C@@H](Cc2ccccc2)c2cc(OC)c(OC)c(OC)c2)c2cccc(OCC(=O)O)c2)cc1OC. The average molecular weight is 756 g/mol. The number of ether oxygens (including phenoxy) is 7. The van der Waals surface area contributed by atoms with E-state index in [1.54, 1.807) is 49.5 Å². The minimum absolute atomic E-state index is 0.217. The van der Waals surface area contributed by atoms with Crippen LogP contribution in [-0.4, -0.2) is 82.6 Å². The fourth-order valence-electron chi connectivity index (χ4n) is 6.94. The van der Waals surface area contributed by atoms with Gasteiger partial charge in [0.25, 0.3) is 0 Å². The Hall–Kier alpha value is -5.91. The van der Waals surface area contributed by atoms with Crippen molar-refractivity contribution in [2.75, 3.05) is 48.7 Å². The summed E-state index contributed by atoms with van der Waals surface area (Å²) in [4.78, 5) is 42.1. The topological polar surface area (TPSA) is 139 Å². The molecule has 0 aromatic heterocycles. The highest BCUT2D eigenvalue weighted by Crippen LogP contribution is 2.42. The van der Waals surface area contributed by atoms with Gasteiger partial charge in [-0.15, -0.1) is 0 Å². The first-order chi connectivity index (χ1) is 26.7. The molecule has 1 N–H and O–H groups in total. The number of piperidine rings is 1. The van der Waals surface area contributed by atoms with Gasteiger partial charge < -0.3 is 43.2 Å². The van der Waals surface area contributed by atoms with Crippen LogP contribution in [0.25, 0.3) is 0 Å². The number of amides is 1. The van der Waals surface area contributed by atoms with Crippen LogP contribution < -0.4 is 28.4 Å². The Balaban J connectivity index is 1.46. The molecule has 0 spiro atoms. The van der Waals surface area contributed by atoms with Crippen molar-refractivity contribution in [2.24, 2.45) is 0 Å². The van der Waals surface area contributed by atoms with E-state index in [0.29, 0.717) is 77.9 Å². The molecule has 0 radical (unpaired) electrons. The summed E-state index contributed by atoms with van der Waals surface area (Å²) in [7, 11) is 7.72. The van der Waals surface area contributed by atoms with Gasteiger partial charge in [0.05, 0.1) is 41.5 Å². The maximum absolute atomic E-state index is 14.8. The number of rotatable bonds is 18. The van der Waals surface area contributed by atoms with E-state index in [-0.39, 0.29) is 5.91 Å². The second kappa shape index (κ2) is 19.4. The fourth-order valence-corrected chi connectivity index (χ4v) is 6.94. The predicted octanol–water partition coefficient (Wildman–Crippen LogP) is 6.82. The molecule has 0 bridgehead atoms. The third-order valence-corrected chi connectivity index (χ3v) is 9.72. The Labute approximate surface area is 321 Å². The van der Waals surface area contributed by atoms with Gasteiger partial charge in [0.15, 0.2) is 29.6 Å². The molecule has 292 valence electrons. The first-order valence-electron chi connectivity index (χ1n) is 18.2. The summed E-state index contributed by atoms with van der Waals surface area (Å²) in [6.07, 6.45) is 2.41. The molecule has 1 amide bonds. The highest BCUT2D eigenvalue weighted by atomic mass is 16.5. The summed E-state index contributed by atoms with van der Waals surface area (Å²) >= 11 is 0. The van der Waals surface area contributed by atoms with Crippen molar-refractivity contribution >= 4 is 17.8 Å². The van der Waals surface area contributed by atoms with E-state index in [1.807, 2.05) is 54.6 Å². The van der Waals surface area contributed by atoms with Gasteiger partial charge in [-0.1, -0.05) is 48.5 Å². The van der Waals surface area contributed by atoms with Gasteiger partial charge in [-0.05, 0) is 97.2 Å². The number of likely N-dealkylation sites (tertiary alicyclic amines) is 1. The second-order valence-corrected chi connectivity index (χ2v) is 13.2. The van der Waals surface area contributed by atoms with E-state index >= 15 is 0 Å². The molecule has 0 saturated carbocycles. The van der Waals surface area contributed by atoms with Crippen molar-refractivity contribution in [3.8, 4) is 34.5 Å². The molecule has 0 aliphatic carbocycles. The monoisotopic (exact) mass is 755 g/mol. The highest BCUT2D eigenvalue weighted by Gasteiger charge is 2.38. The average Bonchev–Trinajstić information content (AvgIpc) is 3.22. The molecular weight excluding hydrogens is 706 g/mol. The number of aryl methyl sites for hydroxylation is 1. The van der Waals surface area contributed by atoms with Crippen LogP contribution in [0.4, 0.5) is 0 Å². The summed E-state index contributed by atoms with van der Waals surface area (Å²) in [6, 6.07) is 24.9. The summed E-state index contributed by atoms with van der Waals surface area (Å²) in [6.45, 7) is -0.141. The van der Waals surface area contributed by atoms with Gasteiger partial charge in [-0.2, -0.15) is 0 Å². The minimum Gasteiger partial charge on any atom is -0.493 e. The number of esters is 1. The highest BCUT2D eigenvalue weighted by molar-refractivity contribution is 5.89. The van der Waals surface area contributed by atoms with Crippen molar-refractivity contribution < 1.29 is 52.6 Å². The molecule has 5 rings (SSSR count). The molecule has 4 aromatic rings. The number of hydrogen-bond donors (Lipinski definition) is 1. The zero-order valence-electron chi connectivity index (χ0n) is 31.9. The molecule has 12 nitrogen and oxygen atoms in total. The van der Waals surface area contributed by atoms with Crippen LogP contribution in [0, 0.1) is 0 Å². The molecule has 12 heteroatoms. The smallest absolute Gasteiger partial charge is 0.341 e. The van der Waals surface area contributed by atoms with Crippen molar-refractivity contribution in [1.82, 2.24) is 4.90 Å². The molecule has 1 saturated heterocycles. The zero-order chi connectivity index (χ0) is 39.3. The maximum atomic E-state index is 14.8. The van der Waals surface area contributed by atoms with E-state index in [9.17, 15) is 19.5 Å². The lowest BCUT2D eigenvalue weighted by atomic mass is 9.88. The van der Waals surface area contributed by atoms with Crippen LogP contribution in [0.3, 0.4) is 0 Å². The molecule has 4 aromatic carbocycles. The summed E-state index contributed by atoms with van der Waals surface area (Å²) < 4.78 is 39.6. The van der Waals surface area contributed by atoms with Gasteiger partial charge in [0.2, 0.25) is 11.7 Å². The normalized spacial score (nSPS) is 14.9. The molecule has 1 unspecified atom stereocenters. The zero-order valence-corrected chi connectivity index (χ0v) is 31.9. The van der Waals surface area contributed by atoms with E-state index in [2.05, 4.69) is 0 Å². The van der Waals surface area contributed by atoms with Crippen LogP contribution in [0.15, 0.2) is 84.9 Å². The van der Waals surface area contributed by atoms with Crippen molar-refractivity contribution in [3.63, 3.8) is 0 Å². The van der Waals surface area contributed by atoms with E-state index in [4.69, 9.17) is 33.2 Å². The van der Waals surface area contributed by atoms with Crippen molar-refractivity contribution in [2.45, 2.75) is 56.6 Å². The molecule has 1 heterocycles. The lowest BCUT2D eigenvalue weighted by Crippen LogP contribution is -2.50. The molecule has 3 atom stereocenters. The van der Waals surface area contributed by atoms with Crippen LogP contribution in [0.1, 0.15) is 60.0 Å².